The lowest BCUT2D eigenvalue weighted by Crippen LogP contribution is -2.17. The molecule has 0 bridgehead atoms. The van der Waals surface area contributed by atoms with Gasteiger partial charge in [-0.15, -0.1) is 12.4 Å². The van der Waals surface area contributed by atoms with Crippen LogP contribution in [0.15, 0.2) is 48.5 Å². The summed E-state index contributed by atoms with van der Waals surface area (Å²) in [6.45, 7) is 2.36. The van der Waals surface area contributed by atoms with Crippen LogP contribution in [0.3, 0.4) is 0 Å². The van der Waals surface area contributed by atoms with Gasteiger partial charge >= 0.3 is 0 Å². The average molecular weight is 332 g/mol. The minimum absolute atomic E-state index is 0. The highest BCUT2D eigenvalue weighted by Gasteiger charge is 2.37. The molecule has 2 aromatic rings. The van der Waals surface area contributed by atoms with Crippen molar-refractivity contribution in [2.24, 2.45) is 0 Å². The van der Waals surface area contributed by atoms with Crippen LogP contribution in [0.25, 0.3) is 0 Å². The van der Waals surface area contributed by atoms with Gasteiger partial charge in [-0.2, -0.15) is 0 Å². The Morgan fingerprint density at radius 3 is 2.57 bits per heavy atom. The van der Waals surface area contributed by atoms with Gasteiger partial charge in [-0.25, -0.2) is 0 Å². The van der Waals surface area contributed by atoms with E-state index < -0.39 is 0 Å². The summed E-state index contributed by atoms with van der Waals surface area (Å²) < 4.78 is 11.4. The summed E-state index contributed by atoms with van der Waals surface area (Å²) in [5, 5.41) is 3.65. The molecule has 1 aliphatic heterocycles. The number of nitrogens with one attached hydrogen (secondary N) is 1. The lowest BCUT2D eigenvalue weighted by atomic mass is 10.1. The Kier molecular flexibility index (Phi) is 5.09. The van der Waals surface area contributed by atoms with Crippen LogP contribution < -0.4 is 14.8 Å². The maximum Gasteiger partial charge on any atom is 0.161 e. The molecule has 0 radical (unpaired) electrons. The fourth-order valence-electron chi connectivity index (χ4n) is 3.06. The number of benzene rings is 2. The van der Waals surface area contributed by atoms with E-state index >= 15 is 0 Å². The standard InChI is InChI=1S/C19H21NO2.ClH/c1-2-5-15(6-3-1)16-12-17(16)20-13-14-7-8-18-19(11-14)22-10-4-9-21-18;/h1-3,5-8,11,16-17,20H,4,9-10,12-13H2;1H. The van der Waals surface area contributed by atoms with Gasteiger partial charge in [0.15, 0.2) is 11.5 Å². The molecule has 1 fully saturated rings. The topological polar surface area (TPSA) is 30.5 Å². The molecule has 0 saturated heterocycles. The van der Waals surface area contributed by atoms with Crippen molar-refractivity contribution in [3.8, 4) is 11.5 Å². The van der Waals surface area contributed by atoms with Gasteiger partial charge in [-0.3, -0.25) is 0 Å². The van der Waals surface area contributed by atoms with E-state index in [1.165, 1.54) is 17.5 Å². The largest absolute Gasteiger partial charge is 0.490 e. The summed E-state index contributed by atoms with van der Waals surface area (Å²) in [6, 6.07) is 17.6. The SMILES string of the molecule is Cl.c1ccc(C2CC2NCc2ccc3c(c2)OCCCO3)cc1. The van der Waals surface area contributed by atoms with E-state index in [-0.39, 0.29) is 12.4 Å². The summed E-state index contributed by atoms with van der Waals surface area (Å²) >= 11 is 0. The van der Waals surface area contributed by atoms with Gasteiger partial charge in [0.25, 0.3) is 0 Å². The Hall–Kier alpha value is -1.71. The highest BCUT2D eigenvalue weighted by atomic mass is 35.5. The van der Waals surface area contributed by atoms with Gasteiger partial charge in [0.1, 0.15) is 0 Å². The molecule has 1 heterocycles. The smallest absolute Gasteiger partial charge is 0.161 e. The van der Waals surface area contributed by atoms with Gasteiger partial charge in [0.05, 0.1) is 13.2 Å². The van der Waals surface area contributed by atoms with Crippen molar-refractivity contribution in [3.63, 3.8) is 0 Å². The molecule has 1 saturated carbocycles. The zero-order valence-electron chi connectivity index (χ0n) is 13.0. The van der Waals surface area contributed by atoms with Crippen molar-refractivity contribution < 1.29 is 9.47 Å². The van der Waals surface area contributed by atoms with Crippen molar-refractivity contribution in [1.82, 2.24) is 5.32 Å². The first kappa shape index (κ1) is 16.2. The van der Waals surface area contributed by atoms with Gasteiger partial charge in [0, 0.05) is 24.9 Å². The maximum atomic E-state index is 5.75. The molecule has 2 aromatic carbocycles. The van der Waals surface area contributed by atoms with Crippen LogP contribution in [0.5, 0.6) is 11.5 Å². The molecular formula is C19H22ClNO2. The quantitative estimate of drug-likeness (QED) is 0.921. The lowest BCUT2D eigenvalue weighted by molar-refractivity contribution is 0.297. The number of hydrogen-bond donors (Lipinski definition) is 1. The zero-order chi connectivity index (χ0) is 14.8. The Bertz CT molecular complexity index is 647. The summed E-state index contributed by atoms with van der Waals surface area (Å²) in [6.07, 6.45) is 2.18. The second-order valence-corrected chi connectivity index (χ2v) is 6.07. The monoisotopic (exact) mass is 331 g/mol. The number of ether oxygens (including phenoxy) is 2. The molecule has 23 heavy (non-hydrogen) atoms. The third kappa shape index (κ3) is 3.80. The fraction of sp³-hybridized carbons (Fsp3) is 0.368. The van der Waals surface area contributed by atoms with Crippen molar-refractivity contribution in [3.05, 3.63) is 59.7 Å². The predicted octanol–water partition coefficient (Wildman–Crippen LogP) is 3.92. The molecule has 0 spiro atoms. The minimum atomic E-state index is 0. The summed E-state index contributed by atoms with van der Waals surface area (Å²) in [7, 11) is 0. The molecular weight excluding hydrogens is 310 g/mol. The molecule has 3 nitrogen and oxygen atoms in total. The Labute approximate surface area is 143 Å². The normalized spacial score (nSPS) is 21.9. The number of halogens is 1. The van der Waals surface area contributed by atoms with Crippen molar-refractivity contribution >= 4 is 12.4 Å². The first-order valence-electron chi connectivity index (χ1n) is 8.07. The molecule has 1 aliphatic carbocycles. The van der Waals surface area contributed by atoms with Gasteiger partial charge in [0.2, 0.25) is 0 Å². The second kappa shape index (κ2) is 7.24. The summed E-state index contributed by atoms with van der Waals surface area (Å²) in [4.78, 5) is 0. The molecule has 122 valence electrons. The number of rotatable bonds is 4. The number of hydrogen-bond acceptors (Lipinski definition) is 3. The van der Waals surface area contributed by atoms with Crippen LogP contribution in [-0.2, 0) is 6.54 Å². The van der Waals surface area contributed by atoms with Crippen molar-refractivity contribution in [2.45, 2.75) is 31.3 Å². The molecule has 2 aliphatic rings. The predicted molar refractivity (Wildman–Crippen MR) is 93.7 cm³/mol. The Morgan fingerprint density at radius 1 is 0.957 bits per heavy atom. The molecule has 2 unspecified atom stereocenters. The highest BCUT2D eigenvalue weighted by Crippen LogP contribution is 2.41. The molecule has 0 amide bonds. The lowest BCUT2D eigenvalue weighted by Gasteiger charge is -2.10. The maximum absolute atomic E-state index is 5.75. The Balaban J connectivity index is 0.00000156. The third-order valence-electron chi connectivity index (χ3n) is 4.40. The molecule has 0 aromatic heterocycles. The van der Waals surface area contributed by atoms with Crippen LogP contribution >= 0.6 is 12.4 Å². The molecule has 2 atom stereocenters. The molecule has 1 N–H and O–H groups in total. The van der Waals surface area contributed by atoms with E-state index in [1.807, 2.05) is 6.07 Å². The zero-order valence-corrected chi connectivity index (χ0v) is 13.9. The van der Waals surface area contributed by atoms with Crippen LogP contribution in [0.4, 0.5) is 0 Å². The van der Waals surface area contributed by atoms with Crippen LogP contribution in [0.2, 0.25) is 0 Å². The highest BCUT2D eigenvalue weighted by molar-refractivity contribution is 5.85. The summed E-state index contributed by atoms with van der Waals surface area (Å²) in [5.74, 6) is 2.42. The van der Waals surface area contributed by atoms with Crippen LogP contribution in [0.1, 0.15) is 29.9 Å². The fourth-order valence-corrected chi connectivity index (χ4v) is 3.06. The van der Waals surface area contributed by atoms with Crippen LogP contribution in [0, 0.1) is 0 Å². The second-order valence-electron chi connectivity index (χ2n) is 6.07. The first-order valence-corrected chi connectivity index (χ1v) is 8.07. The average Bonchev–Trinajstić information content (AvgIpc) is 3.37. The van der Waals surface area contributed by atoms with E-state index in [4.69, 9.17) is 9.47 Å². The van der Waals surface area contributed by atoms with E-state index in [0.29, 0.717) is 12.0 Å². The molecule has 4 heteroatoms. The van der Waals surface area contributed by atoms with Crippen molar-refractivity contribution in [2.75, 3.05) is 13.2 Å². The number of fused-ring (bicyclic) bond motifs is 1. The van der Waals surface area contributed by atoms with Gasteiger partial charge in [-0.1, -0.05) is 36.4 Å². The van der Waals surface area contributed by atoms with E-state index in [9.17, 15) is 0 Å². The van der Waals surface area contributed by atoms with E-state index in [0.717, 1.165) is 37.7 Å². The van der Waals surface area contributed by atoms with Crippen molar-refractivity contribution in [1.29, 1.82) is 0 Å². The van der Waals surface area contributed by atoms with Gasteiger partial charge < -0.3 is 14.8 Å². The minimum Gasteiger partial charge on any atom is -0.490 e. The van der Waals surface area contributed by atoms with E-state index in [1.54, 1.807) is 0 Å². The Morgan fingerprint density at radius 2 is 1.74 bits per heavy atom. The first-order chi connectivity index (χ1) is 10.9. The third-order valence-corrected chi connectivity index (χ3v) is 4.40. The van der Waals surface area contributed by atoms with Gasteiger partial charge in [-0.05, 0) is 29.7 Å². The van der Waals surface area contributed by atoms with E-state index in [2.05, 4.69) is 47.8 Å². The van der Waals surface area contributed by atoms with Crippen LogP contribution in [-0.4, -0.2) is 19.3 Å². The summed E-state index contributed by atoms with van der Waals surface area (Å²) in [5.41, 5.74) is 2.70. The molecule has 4 rings (SSSR count).